The Labute approximate surface area is 103 Å². The maximum absolute atomic E-state index is 11.1. The van der Waals surface area contributed by atoms with Crippen LogP contribution in [0.25, 0.3) is 0 Å². The summed E-state index contributed by atoms with van der Waals surface area (Å²) in [7, 11) is 0. The molecule has 1 fully saturated rings. The van der Waals surface area contributed by atoms with Crippen molar-refractivity contribution < 1.29 is 9.90 Å². The summed E-state index contributed by atoms with van der Waals surface area (Å²) in [4.78, 5) is 16.8. The topological polar surface area (TPSA) is 77.2 Å². The van der Waals surface area contributed by atoms with Crippen LogP contribution in [0.15, 0.2) is 12.3 Å². The lowest BCUT2D eigenvalue weighted by molar-refractivity contribution is -0.138. The molecule has 0 amide bonds. The minimum Gasteiger partial charge on any atom is -0.480 e. The van der Waals surface area contributed by atoms with E-state index in [1.165, 1.54) is 12.3 Å². The van der Waals surface area contributed by atoms with E-state index in [0.29, 0.717) is 29.4 Å². The molecule has 0 spiro atoms. The van der Waals surface area contributed by atoms with Gasteiger partial charge in [0.05, 0.1) is 10.6 Å². The van der Waals surface area contributed by atoms with Gasteiger partial charge in [-0.3, -0.25) is 0 Å². The SMILES string of the molecule is N#Cc1cnc(N2CCCC2C(=O)O)c(Cl)c1. The van der Waals surface area contributed by atoms with E-state index in [1.54, 1.807) is 4.90 Å². The van der Waals surface area contributed by atoms with Crippen LogP contribution in [0.3, 0.4) is 0 Å². The number of nitriles is 1. The maximum Gasteiger partial charge on any atom is 0.326 e. The van der Waals surface area contributed by atoms with E-state index in [4.69, 9.17) is 22.0 Å². The number of carbonyl (C=O) groups is 1. The molecule has 1 aliphatic heterocycles. The molecule has 0 radical (unpaired) electrons. The van der Waals surface area contributed by atoms with E-state index >= 15 is 0 Å². The van der Waals surface area contributed by atoms with Gasteiger partial charge in [0.2, 0.25) is 0 Å². The first kappa shape index (κ1) is 11.7. The first-order valence-corrected chi connectivity index (χ1v) is 5.56. The number of nitrogens with zero attached hydrogens (tertiary/aromatic N) is 3. The van der Waals surface area contributed by atoms with E-state index in [-0.39, 0.29) is 0 Å². The molecular formula is C11H10ClN3O2. The van der Waals surface area contributed by atoms with Crippen molar-refractivity contribution >= 4 is 23.4 Å². The van der Waals surface area contributed by atoms with Crippen molar-refractivity contribution in [2.45, 2.75) is 18.9 Å². The summed E-state index contributed by atoms with van der Waals surface area (Å²) in [5.41, 5.74) is 0.366. The van der Waals surface area contributed by atoms with Gasteiger partial charge >= 0.3 is 5.97 Å². The Morgan fingerprint density at radius 2 is 2.47 bits per heavy atom. The van der Waals surface area contributed by atoms with Gasteiger partial charge in [-0.25, -0.2) is 9.78 Å². The Morgan fingerprint density at radius 1 is 1.71 bits per heavy atom. The van der Waals surface area contributed by atoms with Crippen LogP contribution in [0, 0.1) is 11.3 Å². The molecule has 88 valence electrons. The number of carboxylic acids is 1. The average Bonchev–Trinajstić information content (AvgIpc) is 2.77. The number of hydrogen-bond donors (Lipinski definition) is 1. The molecule has 2 rings (SSSR count). The number of rotatable bonds is 2. The Bertz CT molecular complexity index is 498. The first-order chi connectivity index (χ1) is 8.13. The van der Waals surface area contributed by atoms with Crippen LogP contribution in [-0.2, 0) is 4.79 Å². The lowest BCUT2D eigenvalue weighted by Crippen LogP contribution is -2.36. The minimum absolute atomic E-state index is 0.317. The Hall–Kier alpha value is -1.80. The molecule has 0 aliphatic carbocycles. The van der Waals surface area contributed by atoms with Crippen LogP contribution in [0.4, 0.5) is 5.82 Å². The fourth-order valence-corrected chi connectivity index (χ4v) is 2.26. The molecular weight excluding hydrogens is 242 g/mol. The molecule has 1 aliphatic rings. The van der Waals surface area contributed by atoms with Crippen molar-refractivity contribution in [1.29, 1.82) is 5.26 Å². The van der Waals surface area contributed by atoms with Crippen LogP contribution in [0.5, 0.6) is 0 Å². The molecule has 2 heterocycles. The number of halogens is 1. The maximum atomic E-state index is 11.1. The molecule has 0 aromatic carbocycles. The normalized spacial score (nSPS) is 19.1. The van der Waals surface area contributed by atoms with Crippen molar-refractivity contribution in [3.8, 4) is 6.07 Å². The zero-order valence-electron chi connectivity index (χ0n) is 8.93. The molecule has 1 saturated heterocycles. The van der Waals surface area contributed by atoms with Crippen molar-refractivity contribution in [2.24, 2.45) is 0 Å². The number of aromatic nitrogens is 1. The summed E-state index contributed by atoms with van der Waals surface area (Å²) in [6.07, 6.45) is 2.79. The van der Waals surface area contributed by atoms with Gasteiger partial charge in [0.1, 0.15) is 17.9 Å². The highest BCUT2D eigenvalue weighted by Crippen LogP contribution is 2.30. The van der Waals surface area contributed by atoms with Crippen LogP contribution >= 0.6 is 11.6 Å². The summed E-state index contributed by atoms with van der Waals surface area (Å²) in [5.74, 6) is -0.430. The fraction of sp³-hybridized carbons (Fsp3) is 0.364. The highest BCUT2D eigenvalue weighted by molar-refractivity contribution is 6.33. The Balaban J connectivity index is 2.34. The molecule has 1 aromatic heterocycles. The van der Waals surface area contributed by atoms with E-state index in [9.17, 15) is 4.79 Å². The lowest BCUT2D eigenvalue weighted by Gasteiger charge is -2.23. The van der Waals surface area contributed by atoms with Gasteiger partial charge in [-0.1, -0.05) is 11.6 Å². The Kier molecular flexibility index (Phi) is 3.16. The number of aliphatic carboxylic acids is 1. The zero-order chi connectivity index (χ0) is 12.4. The van der Waals surface area contributed by atoms with Gasteiger partial charge in [-0.2, -0.15) is 5.26 Å². The summed E-state index contributed by atoms with van der Waals surface area (Å²) in [6.45, 7) is 0.621. The third-order valence-corrected chi connectivity index (χ3v) is 3.04. The fourth-order valence-electron chi connectivity index (χ4n) is 1.98. The summed E-state index contributed by atoms with van der Waals surface area (Å²) in [5, 5.41) is 18.1. The largest absolute Gasteiger partial charge is 0.480 e. The van der Waals surface area contributed by atoms with Crippen molar-refractivity contribution in [1.82, 2.24) is 4.98 Å². The summed E-state index contributed by atoms with van der Waals surface area (Å²) in [6, 6.07) is 2.86. The van der Waals surface area contributed by atoms with Gasteiger partial charge in [0.25, 0.3) is 0 Å². The van der Waals surface area contributed by atoms with Crippen LogP contribution in [-0.4, -0.2) is 28.6 Å². The molecule has 6 heteroatoms. The van der Waals surface area contributed by atoms with Crippen molar-refractivity contribution in [3.63, 3.8) is 0 Å². The van der Waals surface area contributed by atoms with E-state index in [0.717, 1.165) is 6.42 Å². The monoisotopic (exact) mass is 251 g/mol. The molecule has 1 atom stereocenters. The number of anilines is 1. The number of pyridine rings is 1. The lowest BCUT2D eigenvalue weighted by atomic mass is 10.2. The van der Waals surface area contributed by atoms with Gasteiger partial charge < -0.3 is 10.0 Å². The van der Waals surface area contributed by atoms with Gasteiger partial charge in [0, 0.05) is 12.7 Å². The second-order valence-corrected chi connectivity index (χ2v) is 4.24. The smallest absolute Gasteiger partial charge is 0.326 e. The zero-order valence-corrected chi connectivity index (χ0v) is 9.68. The standard InChI is InChI=1S/C11H10ClN3O2/c12-8-4-7(5-13)6-14-10(8)15-3-1-2-9(15)11(16)17/h4,6,9H,1-3H2,(H,16,17). The Morgan fingerprint density at radius 3 is 3.06 bits per heavy atom. The van der Waals surface area contributed by atoms with Crippen LogP contribution < -0.4 is 4.90 Å². The predicted octanol–water partition coefficient (Wildman–Crippen LogP) is 1.66. The van der Waals surface area contributed by atoms with Gasteiger partial charge in [0.15, 0.2) is 0 Å². The van der Waals surface area contributed by atoms with Crippen LogP contribution in [0.2, 0.25) is 5.02 Å². The molecule has 1 unspecified atom stereocenters. The highest BCUT2D eigenvalue weighted by atomic mass is 35.5. The summed E-state index contributed by atoms with van der Waals surface area (Å²) >= 11 is 6.01. The van der Waals surface area contributed by atoms with Crippen molar-refractivity contribution in [2.75, 3.05) is 11.4 Å². The number of hydrogen-bond acceptors (Lipinski definition) is 4. The quantitative estimate of drug-likeness (QED) is 0.865. The molecule has 17 heavy (non-hydrogen) atoms. The van der Waals surface area contributed by atoms with E-state index in [1.807, 2.05) is 6.07 Å². The number of carboxylic acid groups (broad SMARTS) is 1. The second-order valence-electron chi connectivity index (χ2n) is 3.83. The molecule has 0 saturated carbocycles. The first-order valence-electron chi connectivity index (χ1n) is 5.18. The third-order valence-electron chi connectivity index (χ3n) is 2.76. The molecule has 1 aromatic rings. The predicted molar refractivity (Wildman–Crippen MR) is 62.0 cm³/mol. The van der Waals surface area contributed by atoms with E-state index < -0.39 is 12.0 Å². The second kappa shape index (κ2) is 4.60. The van der Waals surface area contributed by atoms with E-state index in [2.05, 4.69) is 4.98 Å². The molecule has 0 bridgehead atoms. The minimum atomic E-state index is -0.871. The van der Waals surface area contributed by atoms with Crippen LogP contribution in [0.1, 0.15) is 18.4 Å². The third kappa shape index (κ3) is 2.17. The average molecular weight is 252 g/mol. The molecule has 5 nitrogen and oxygen atoms in total. The van der Waals surface area contributed by atoms with Gasteiger partial charge in [-0.05, 0) is 18.9 Å². The molecule has 1 N–H and O–H groups in total. The highest BCUT2D eigenvalue weighted by Gasteiger charge is 2.32. The van der Waals surface area contributed by atoms with Gasteiger partial charge in [-0.15, -0.1) is 0 Å². The summed E-state index contributed by atoms with van der Waals surface area (Å²) < 4.78 is 0. The van der Waals surface area contributed by atoms with Crippen molar-refractivity contribution in [3.05, 3.63) is 22.8 Å².